The van der Waals surface area contributed by atoms with E-state index >= 15 is 0 Å². The van der Waals surface area contributed by atoms with Crippen LogP contribution in [0.2, 0.25) is 0 Å². The smallest absolute Gasteiger partial charge is 0.111 e. The van der Waals surface area contributed by atoms with Crippen LogP contribution in [0.25, 0.3) is 0 Å². The molecule has 0 spiro atoms. The summed E-state index contributed by atoms with van der Waals surface area (Å²) in [5.41, 5.74) is -1.39. The van der Waals surface area contributed by atoms with Crippen molar-refractivity contribution in [3.05, 3.63) is 0 Å². The average Bonchev–Trinajstić information content (AvgIpc) is 2.41. The lowest BCUT2D eigenvalue weighted by molar-refractivity contribution is -0.0700. The Morgan fingerprint density at radius 1 is 0.889 bits per heavy atom. The van der Waals surface area contributed by atoms with Crippen molar-refractivity contribution in [1.82, 2.24) is 0 Å². The number of rotatable bonds is 6. The van der Waals surface area contributed by atoms with Crippen molar-refractivity contribution in [2.24, 2.45) is 5.92 Å². The fourth-order valence-corrected chi connectivity index (χ4v) is 2.21. The highest BCUT2D eigenvalue weighted by Crippen LogP contribution is 2.18. The number of aliphatic hydroxyl groups excluding tert-OH is 3. The van der Waals surface area contributed by atoms with E-state index in [2.05, 4.69) is 0 Å². The number of hydrogen-bond donors (Lipinski definition) is 4. The third-order valence-corrected chi connectivity index (χ3v) is 3.44. The Bertz CT molecular complexity index is 165. The van der Waals surface area contributed by atoms with Gasteiger partial charge in [0.05, 0.1) is 13.2 Å². The summed E-state index contributed by atoms with van der Waals surface area (Å²) in [7, 11) is 0. The third-order valence-electron chi connectivity index (χ3n) is 3.44. The van der Waals surface area contributed by atoms with Crippen molar-refractivity contribution in [1.29, 1.82) is 0 Å². The molecule has 1 aliphatic carbocycles. The zero-order chi connectivity index (χ0) is 13.9. The van der Waals surface area contributed by atoms with Crippen molar-refractivity contribution in [2.45, 2.75) is 63.9 Å². The van der Waals surface area contributed by atoms with E-state index in [-0.39, 0.29) is 12.5 Å². The molecule has 4 nitrogen and oxygen atoms in total. The molecule has 1 aliphatic rings. The zero-order valence-corrected chi connectivity index (χ0v) is 11.6. The van der Waals surface area contributed by atoms with Crippen LogP contribution in [0, 0.1) is 5.92 Å². The van der Waals surface area contributed by atoms with Crippen LogP contribution in [0.15, 0.2) is 0 Å². The van der Waals surface area contributed by atoms with Gasteiger partial charge in [-0.15, -0.1) is 0 Å². The maximum absolute atomic E-state index is 9.44. The number of aliphatic hydroxyl groups is 4. The Labute approximate surface area is 111 Å². The highest BCUT2D eigenvalue weighted by Gasteiger charge is 2.27. The van der Waals surface area contributed by atoms with Gasteiger partial charge in [-0.2, -0.15) is 0 Å². The van der Waals surface area contributed by atoms with Crippen LogP contribution in [0.1, 0.15) is 58.3 Å². The minimum absolute atomic E-state index is 0.0636. The molecule has 0 radical (unpaired) electrons. The summed E-state index contributed by atoms with van der Waals surface area (Å²) in [6.07, 6.45) is 9.88. The van der Waals surface area contributed by atoms with Gasteiger partial charge < -0.3 is 20.4 Å². The molecule has 1 saturated carbocycles. The van der Waals surface area contributed by atoms with Gasteiger partial charge in [-0.05, 0) is 18.8 Å². The number of hydrogen-bond acceptors (Lipinski definition) is 4. The first kappa shape index (κ1) is 17.8. The first-order valence-corrected chi connectivity index (χ1v) is 7.13. The van der Waals surface area contributed by atoms with E-state index in [1.54, 1.807) is 0 Å². The summed E-state index contributed by atoms with van der Waals surface area (Å²) in [6, 6.07) is 0. The Hall–Kier alpha value is -0.160. The molecule has 0 heterocycles. The maximum atomic E-state index is 9.44. The molecule has 110 valence electrons. The van der Waals surface area contributed by atoms with Crippen LogP contribution >= 0.6 is 0 Å². The highest BCUT2D eigenvalue weighted by molar-refractivity contribution is 4.78. The normalized spacial score (nSPS) is 17.8. The third kappa shape index (κ3) is 8.86. The first-order chi connectivity index (χ1) is 8.58. The van der Waals surface area contributed by atoms with Crippen LogP contribution in [-0.2, 0) is 0 Å². The van der Waals surface area contributed by atoms with E-state index < -0.39 is 18.8 Å². The van der Waals surface area contributed by atoms with Crippen molar-refractivity contribution >= 4 is 0 Å². The average molecular weight is 262 g/mol. The predicted octanol–water partition coefficient (Wildman–Crippen LogP) is 1.45. The maximum Gasteiger partial charge on any atom is 0.111 e. The van der Waals surface area contributed by atoms with Gasteiger partial charge in [-0.25, -0.2) is 0 Å². The molecule has 4 heteroatoms. The van der Waals surface area contributed by atoms with Crippen LogP contribution in [0.3, 0.4) is 0 Å². The molecule has 0 aromatic heterocycles. The minimum Gasteiger partial charge on any atom is -0.396 e. The van der Waals surface area contributed by atoms with E-state index in [0.29, 0.717) is 12.8 Å². The van der Waals surface area contributed by atoms with Gasteiger partial charge in [-0.1, -0.05) is 45.4 Å². The van der Waals surface area contributed by atoms with Crippen molar-refractivity contribution in [2.75, 3.05) is 19.8 Å². The van der Waals surface area contributed by atoms with Crippen molar-refractivity contribution < 1.29 is 20.4 Å². The van der Waals surface area contributed by atoms with Crippen molar-refractivity contribution in [3.8, 4) is 0 Å². The molecule has 0 aromatic rings. The summed E-state index contributed by atoms with van der Waals surface area (Å²) in [4.78, 5) is 0. The van der Waals surface area contributed by atoms with E-state index in [1.807, 2.05) is 6.92 Å². The fraction of sp³-hybridized carbons (Fsp3) is 1.00. The van der Waals surface area contributed by atoms with E-state index in [4.69, 9.17) is 15.3 Å². The Balaban J connectivity index is 0.000000397. The zero-order valence-electron chi connectivity index (χ0n) is 11.6. The van der Waals surface area contributed by atoms with Gasteiger partial charge in [-0.3, -0.25) is 0 Å². The second-order valence-electron chi connectivity index (χ2n) is 5.48. The summed E-state index contributed by atoms with van der Waals surface area (Å²) < 4.78 is 0. The molecule has 0 amide bonds. The quantitative estimate of drug-likeness (QED) is 0.584. The minimum atomic E-state index is -1.39. The van der Waals surface area contributed by atoms with Crippen LogP contribution in [0.4, 0.5) is 0 Å². The lowest BCUT2D eigenvalue weighted by atomic mass is 9.91. The SMILES string of the molecule is C1CCCCC1.CC(CCO)CC(O)(CO)CO. The molecule has 0 aliphatic heterocycles. The molecule has 0 aromatic carbocycles. The van der Waals surface area contributed by atoms with Gasteiger partial charge in [0.1, 0.15) is 5.60 Å². The fourth-order valence-electron chi connectivity index (χ4n) is 2.21. The largest absolute Gasteiger partial charge is 0.396 e. The lowest BCUT2D eigenvalue weighted by Crippen LogP contribution is -2.39. The first-order valence-electron chi connectivity index (χ1n) is 7.13. The van der Waals surface area contributed by atoms with Gasteiger partial charge in [0.25, 0.3) is 0 Å². The molecular weight excluding hydrogens is 232 g/mol. The second kappa shape index (κ2) is 10.7. The van der Waals surface area contributed by atoms with E-state index in [9.17, 15) is 5.11 Å². The molecule has 18 heavy (non-hydrogen) atoms. The predicted molar refractivity (Wildman–Crippen MR) is 72.3 cm³/mol. The Morgan fingerprint density at radius 3 is 1.56 bits per heavy atom. The van der Waals surface area contributed by atoms with Gasteiger partial charge in [0.2, 0.25) is 0 Å². The van der Waals surface area contributed by atoms with Crippen molar-refractivity contribution in [3.63, 3.8) is 0 Å². The Kier molecular flexibility index (Phi) is 10.6. The molecule has 1 unspecified atom stereocenters. The standard InChI is InChI=1S/C8H18O4.C6H12/c1-7(2-3-9)4-8(12,5-10)6-11;1-2-4-6-5-3-1/h7,9-12H,2-6H2,1H3;1-6H2. The summed E-state index contributed by atoms with van der Waals surface area (Å²) in [6.45, 7) is 1.03. The summed E-state index contributed by atoms with van der Waals surface area (Å²) in [5.74, 6) is 0.0966. The van der Waals surface area contributed by atoms with Gasteiger partial charge in [0.15, 0.2) is 0 Å². The lowest BCUT2D eigenvalue weighted by Gasteiger charge is -2.26. The van der Waals surface area contributed by atoms with Crippen LogP contribution < -0.4 is 0 Å². The molecule has 1 fully saturated rings. The van der Waals surface area contributed by atoms with E-state index in [0.717, 1.165) is 0 Å². The van der Waals surface area contributed by atoms with Gasteiger partial charge >= 0.3 is 0 Å². The summed E-state index contributed by atoms with van der Waals surface area (Å²) in [5, 5.41) is 35.5. The molecule has 1 atom stereocenters. The Morgan fingerprint density at radius 2 is 1.28 bits per heavy atom. The summed E-state index contributed by atoms with van der Waals surface area (Å²) >= 11 is 0. The molecule has 0 saturated heterocycles. The van der Waals surface area contributed by atoms with Crippen LogP contribution in [0.5, 0.6) is 0 Å². The highest BCUT2D eigenvalue weighted by atomic mass is 16.4. The topological polar surface area (TPSA) is 80.9 Å². The molecule has 4 N–H and O–H groups in total. The molecule has 0 bridgehead atoms. The molecular formula is C14H30O4. The molecule has 1 rings (SSSR count). The second-order valence-corrected chi connectivity index (χ2v) is 5.48. The van der Waals surface area contributed by atoms with Gasteiger partial charge in [0, 0.05) is 6.61 Å². The monoisotopic (exact) mass is 262 g/mol. The van der Waals surface area contributed by atoms with Crippen LogP contribution in [-0.4, -0.2) is 45.8 Å². The van der Waals surface area contributed by atoms with E-state index in [1.165, 1.54) is 38.5 Å².